The number of nitro groups is 1. The smallest absolute Gasteiger partial charge is 0.311 e. The van der Waals surface area contributed by atoms with Crippen LogP contribution >= 0.6 is 27.7 Å². The lowest BCUT2D eigenvalue weighted by atomic mass is 10.3. The van der Waals surface area contributed by atoms with E-state index in [1.54, 1.807) is 6.20 Å². The normalized spacial score (nSPS) is 16.3. The van der Waals surface area contributed by atoms with Gasteiger partial charge in [0.2, 0.25) is 0 Å². The average molecular weight is 347 g/mol. The van der Waals surface area contributed by atoms with Crippen molar-refractivity contribution in [1.82, 2.24) is 9.88 Å². The van der Waals surface area contributed by atoms with Crippen molar-refractivity contribution in [3.05, 3.63) is 27.0 Å². The van der Waals surface area contributed by atoms with Crippen molar-refractivity contribution in [2.75, 3.05) is 43.0 Å². The van der Waals surface area contributed by atoms with Crippen LogP contribution in [0.3, 0.4) is 0 Å². The third-order valence-corrected chi connectivity index (χ3v) is 4.45. The monoisotopic (exact) mass is 346 g/mol. The van der Waals surface area contributed by atoms with Crippen molar-refractivity contribution in [3.63, 3.8) is 0 Å². The number of nitrogens with one attached hydrogen (secondary N) is 1. The molecule has 2 rings (SSSR count). The van der Waals surface area contributed by atoms with Gasteiger partial charge in [0.25, 0.3) is 0 Å². The molecule has 1 aliphatic heterocycles. The van der Waals surface area contributed by atoms with Gasteiger partial charge in [0, 0.05) is 43.9 Å². The van der Waals surface area contributed by atoms with E-state index in [9.17, 15) is 10.1 Å². The molecule has 1 aromatic rings. The number of pyridine rings is 1. The van der Waals surface area contributed by atoms with Crippen LogP contribution in [0.1, 0.15) is 0 Å². The van der Waals surface area contributed by atoms with E-state index in [-0.39, 0.29) is 5.69 Å². The van der Waals surface area contributed by atoms with Gasteiger partial charge in [-0.2, -0.15) is 11.8 Å². The van der Waals surface area contributed by atoms with Gasteiger partial charge in [-0.1, -0.05) is 0 Å². The first-order chi connectivity index (χ1) is 9.18. The molecule has 0 amide bonds. The predicted molar refractivity (Wildman–Crippen MR) is 80.8 cm³/mol. The Balaban J connectivity index is 1.93. The Kier molecular flexibility index (Phi) is 5.41. The van der Waals surface area contributed by atoms with Crippen molar-refractivity contribution < 1.29 is 4.92 Å². The van der Waals surface area contributed by atoms with E-state index in [4.69, 9.17) is 0 Å². The Morgan fingerprint density at radius 1 is 1.47 bits per heavy atom. The van der Waals surface area contributed by atoms with Gasteiger partial charge in [-0.15, -0.1) is 0 Å². The summed E-state index contributed by atoms with van der Waals surface area (Å²) < 4.78 is 0.621. The summed E-state index contributed by atoms with van der Waals surface area (Å²) in [5.41, 5.74) is 0.509. The van der Waals surface area contributed by atoms with Crippen molar-refractivity contribution in [1.29, 1.82) is 0 Å². The minimum atomic E-state index is -0.419. The van der Waals surface area contributed by atoms with Crippen LogP contribution in [-0.2, 0) is 0 Å². The third kappa shape index (κ3) is 4.05. The fourth-order valence-corrected chi connectivity index (χ4v) is 3.34. The molecule has 1 aliphatic rings. The lowest BCUT2D eigenvalue weighted by Crippen LogP contribution is -2.36. The highest BCUT2D eigenvalue weighted by Crippen LogP contribution is 2.30. The van der Waals surface area contributed by atoms with Crippen LogP contribution < -0.4 is 5.32 Å². The van der Waals surface area contributed by atoms with Gasteiger partial charge < -0.3 is 5.32 Å². The van der Waals surface area contributed by atoms with Crippen LogP contribution in [0.4, 0.5) is 11.4 Å². The average Bonchev–Trinajstić information content (AvgIpc) is 2.41. The molecule has 19 heavy (non-hydrogen) atoms. The SMILES string of the molecule is O=[N+]([O-])c1cncc(Br)c1NCCN1CCSCC1. The van der Waals surface area contributed by atoms with Gasteiger partial charge >= 0.3 is 5.69 Å². The lowest BCUT2D eigenvalue weighted by molar-refractivity contribution is -0.384. The second-order valence-corrected chi connectivity index (χ2v) is 6.23. The topological polar surface area (TPSA) is 71.3 Å². The summed E-state index contributed by atoms with van der Waals surface area (Å²) >= 11 is 5.27. The van der Waals surface area contributed by atoms with E-state index in [0.717, 1.165) is 19.6 Å². The molecule has 1 fully saturated rings. The van der Waals surface area contributed by atoms with Crippen molar-refractivity contribution in [2.45, 2.75) is 0 Å². The van der Waals surface area contributed by atoms with E-state index in [0.29, 0.717) is 16.7 Å². The molecule has 0 spiro atoms. The second-order valence-electron chi connectivity index (χ2n) is 4.15. The first-order valence-electron chi connectivity index (χ1n) is 6.00. The highest BCUT2D eigenvalue weighted by molar-refractivity contribution is 9.10. The van der Waals surface area contributed by atoms with Crippen molar-refractivity contribution in [2.24, 2.45) is 0 Å². The van der Waals surface area contributed by atoms with E-state index < -0.39 is 4.92 Å². The molecule has 8 heteroatoms. The first-order valence-corrected chi connectivity index (χ1v) is 7.95. The van der Waals surface area contributed by atoms with Gasteiger partial charge in [0.1, 0.15) is 11.9 Å². The van der Waals surface area contributed by atoms with Crippen LogP contribution in [0.15, 0.2) is 16.9 Å². The van der Waals surface area contributed by atoms with E-state index >= 15 is 0 Å². The van der Waals surface area contributed by atoms with Crippen LogP contribution in [0.2, 0.25) is 0 Å². The fraction of sp³-hybridized carbons (Fsp3) is 0.545. The van der Waals surface area contributed by atoms with Gasteiger partial charge in [-0.05, 0) is 15.9 Å². The molecular weight excluding hydrogens is 332 g/mol. The summed E-state index contributed by atoms with van der Waals surface area (Å²) in [5, 5.41) is 14.1. The van der Waals surface area contributed by atoms with E-state index in [2.05, 4.69) is 31.1 Å². The summed E-state index contributed by atoms with van der Waals surface area (Å²) in [5.74, 6) is 2.33. The molecule has 0 atom stereocenters. The maximum Gasteiger partial charge on any atom is 0.311 e. The summed E-state index contributed by atoms with van der Waals surface area (Å²) in [6.45, 7) is 3.76. The first kappa shape index (κ1) is 14.5. The highest BCUT2D eigenvalue weighted by atomic mass is 79.9. The minimum absolute atomic E-state index is 0.00331. The molecule has 1 aromatic heterocycles. The molecule has 0 aliphatic carbocycles. The molecule has 0 aromatic carbocycles. The molecule has 0 saturated carbocycles. The quantitative estimate of drug-likeness (QED) is 0.651. The molecule has 6 nitrogen and oxygen atoms in total. The van der Waals surface area contributed by atoms with Crippen LogP contribution in [0.25, 0.3) is 0 Å². The zero-order valence-electron chi connectivity index (χ0n) is 10.3. The molecule has 1 N–H and O–H groups in total. The molecule has 104 valence electrons. The summed E-state index contributed by atoms with van der Waals surface area (Å²) in [6, 6.07) is 0. The summed E-state index contributed by atoms with van der Waals surface area (Å²) in [7, 11) is 0. The number of hydrogen-bond donors (Lipinski definition) is 1. The number of aromatic nitrogens is 1. The predicted octanol–water partition coefficient (Wildman–Crippen LogP) is 2.21. The molecular formula is C11H15BrN4O2S. The maximum atomic E-state index is 10.9. The number of halogens is 1. The Morgan fingerprint density at radius 2 is 2.21 bits per heavy atom. The van der Waals surface area contributed by atoms with Crippen molar-refractivity contribution >= 4 is 39.1 Å². The number of thioether (sulfide) groups is 1. The summed E-state index contributed by atoms with van der Waals surface area (Å²) in [6.07, 6.45) is 2.83. The Hall–Kier alpha value is -0.860. The summed E-state index contributed by atoms with van der Waals surface area (Å²) in [4.78, 5) is 16.7. The van der Waals surface area contributed by atoms with Crippen LogP contribution in [0.5, 0.6) is 0 Å². The van der Waals surface area contributed by atoms with E-state index in [1.165, 1.54) is 17.7 Å². The van der Waals surface area contributed by atoms with Crippen molar-refractivity contribution in [3.8, 4) is 0 Å². The largest absolute Gasteiger partial charge is 0.377 e. The molecule has 0 bridgehead atoms. The number of hydrogen-bond acceptors (Lipinski definition) is 6. The minimum Gasteiger partial charge on any atom is -0.377 e. The number of rotatable bonds is 5. The van der Waals surface area contributed by atoms with Crippen LogP contribution in [0, 0.1) is 10.1 Å². The Bertz CT molecular complexity index is 454. The Labute approximate surface area is 124 Å². The fourth-order valence-electron chi connectivity index (χ4n) is 1.90. The molecule has 0 unspecified atom stereocenters. The zero-order chi connectivity index (χ0) is 13.7. The second kappa shape index (κ2) is 7.06. The number of anilines is 1. The van der Waals surface area contributed by atoms with Gasteiger partial charge in [0.15, 0.2) is 0 Å². The lowest BCUT2D eigenvalue weighted by Gasteiger charge is -2.26. The maximum absolute atomic E-state index is 10.9. The number of nitrogens with zero attached hydrogens (tertiary/aromatic N) is 3. The zero-order valence-corrected chi connectivity index (χ0v) is 12.7. The highest BCUT2D eigenvalue weighted by Gasteiger charge is 2.17. The third-order valence-electron chi connectivity index (χ3n) is 2.91. The molecule has 2 heterocycles. The standard InChI is InChI=1S/C11H15BrN4O2S/c12-9-7-13-8-10(16(17)18)11(9)14-1-2-15-3-5-19-6-4-15/h7-8H,1-6H2,(H,13,14). The molecule has 0 radical (unpaired) electrons. The van der Waals surface area contributed by atoms with E-state index in [1.807, 2.05) is 11.8 Å². The van der Waals surface area contributed by atoms with Gasteiger partial charge in [0.05, 0.1) is 9.40 Å². The van der Waals surface area contributed by atoms with Crippen LogP contribution in [-0.4, -0.2) is 52.5 Å². The van der Waals surface area contributed by atoms with Gasteiger partial charge in [-0.25, -0.2) is 0 Å². The molecule has 1 saturated heterocycles. The van der Waals surface area contributed by atoms with Gasteiger partial charge in [-0.3, -0.25) is 20.0 Å². The Morgan fingerprint density at radius 3 is 2.89 bits per heavy atom.